The SMILES string of the molecule is OCCN(CCOc1ccccc1F)C1CCCCC1. The molecular formula is C16H24FNO2. The first-order valence-corrected chi connectivity index (χ1v) is 7.53. The van der Waals surface area contributed by atoms with E-state index in [4.69, 9.17) is 4.74 Å². The summed E-state index contributed by atoms with van der Waals surface area (Å²) < 4.78 is 18.9. The maximum Gasteiger partial charge on any atom is 0.165 e. The van der Waals surface area contributed by atoms with Crippen LogP contribution in [0.5, 0.6) is 5.75 Å². The summed E-state index contributed by atoms with van der Waals surface area (Å²) in [5, 5.41) is 9.19. The molecule has 20 heavy (non-hydrogen) atoms. The zero-order valence-electron chi connectivity index (χ0n) is 11.9. The van der Waals surface area contributed by atoms with E-state index in [9.17, 15) is 9.50 Å². The molecule has 0 heterocycles. The van der Waals surface area contributed by atoms with E-state index in [1.807, 2.05) is 0 Å². The van der Waals surface area contributed by atoms with Gasteiger partial charge in [0, 0.05) is 19.1 Å². The van der Waals surface area contributed by atoms with Gasteiger partial charge < -0.3 is 9.84 Å². The zero-order chi connectivity index (χ0) is 14.2. The number of benzene rings is 1. The van der Waals surface area contributed by atoms with Crippen molar-refractivity contribution in [2.24, 2.45) is 0 Å². The summed E-state index contributed by atoms with van der Waals surface area (Å²) in [6.07, 6.45) is 6.23. The molecule has 0 amide bonds. The highest BCUT2D eigenvalue weighted by molar-refractivity contribution is 5.23. The molecule has 0 aliphatic heterocycles. The molecule has 1 N–H and O–H groups in total. The highest BCUT2D eigenvalue weighted by atomic mass is 19.1. The third-order valence-corrected chi connectivity index (χ3v) is 3.95. The summed E-state index contributed by atoms with van der Waals surface area (Å²) in [6, 6.07) is 7.02. The molecule has 0 spiro atoms. The van der Waals surface area contributed by atoms with E-state index in [-0.39, 0.29) is 12.4 Å². The first-order valence-electron chi connectivity index (χ1n) is 7.53. The number of aliphatic hydroxyl groups excluding tert-OH is 1. The molecule has 0 saturated heterocycles. The molecule has 3 nitrogen and oxygen atoms in total. The standard InChI is InChI=1S/C16H24FNO2/c17-15-8-4-5-9-16(15)20-13-11-18(10-12-19)14-6-2-1-3-7-14/h4-5,8-9,14,19H,1-3,6-7,10-13H2. The normalized spacial score (nSPS) is 16.6. The number of hydrogen-bond donors (Lipinski definition) is 1. The number of hydrogen-bond acceptors (Lipinski definition) is 3. The number of nitrogens with zero attached hydrogens (tertiary/aromatic N) is 1. The predicted molar refractivity (Wildman–Crippen MR) is 77.4 cm³/mol. The highest BCUT2D eigenvalue weighted by Gasteiger charge is 2.20. The van der Waals surface area contributed by atoms with Crippen molar-refractivity contribution in [3.8, 4) is 5.75 Å². The monoisotopic (exact) mass is 281 g/mol. The second-order valence-corrected chi connectivity index (χ2v) is 5.33. The quantitative estimate of drug-likeness (QED) is 0.834. The Morgan fingerprint density at radius 3 is 2.60 bits per heavy atom. The lowest BCUT2D eigenvalue weighted by Crippen LogP contribution is -2.41. The van der Waals surface area contributed by atoms with Crippen LogP contribution in [0.2, 0.25) is 0 Å². The van der Waals surface area contributed by atoms with E-state index in [0.29, 0.717) is 24.9 Å². The van der Waals surface area contributed by atoms with Gasteiger partial charge >= 0.3 is 0 Å². The second-order valence-electron chi connectivity index (χ2n) is 5.33. The number of halogens is 1. The smallest absolute Gasteiger partial charge is 0.165 e. The molecular weight excluding hydrogens is 257 g/mol. The van der Waals surface area contributed by atoms with Crippen LogP contribution in [0.1, 0.15) is 32.1 Å². The van der Waals surface area contributed by atoms with Gasteiger partial charge in [-0.3, -0.25) is 4.90 Å². The minimum absolute atomic E-state index is 0.163. The van der Waals surface area contributed by atoms with Crippen LogP contribution in [0.15, 0.2) is 24.3 Å². The largest absolute Gasteiger partial charge is 0.489 e. The van der Waals surface area contributed by atoms with Crippen LogP contribution >= 0.6 is 0 Å². The van der Waals surface area contributed by atoms with Gasteiger partial charge in [-0.1, -0.05) is 31.4 Å². The topological polar surface area (TPSA) is 32.7 Å². The van der Waals surface area contributed by atoms with Gasteiger partial charge in [0.25, 0.3) is 0 Å². The third kappa shape index (κ3) is 4.46. The lowest BCUT2D eigenvalue weighted by Gasteiger charge is -2.33. The van der Waals surface area contributed by atoms with Crippen LogP contribution in [0.4, 0.5) is 4.39 Å². The maximum absolute atomic E-state index is 13.4. The molecule has 2 rings (SSSR count). The van der Waals surface area contributed by atoms with E-state index >= 15 is 0 Å². The molecule has 0 aromatic heterocycles. The van der Waals surface area contributed by atoms with Gasteiger partial charge in [-0.2, -0.15) is 0 Å². The van der Waals surface area contributed by atoms with Crippen LogP contribution in [0, 0.1) is 5.82 Å². The average molecular weight is 281 g/mol. The Kier molecular flexibility index (Phi) is 6.27. The minimum atomic E-state index is -0.320. The van der Waals surface area contributed by atoms with Crippen LogP contribution in [0.3, 0.4) is 0 Å². The Morgan fingerprint density at radius 2 is 1.90 bits per heavy atom. The molecule has 1 saturated carbocycles. The van der Waals surface area contributed by atoms with E-state index in [0.717, 1.165) is 6.54 Å². The van der Waals surface area contributed by atoms with Crippen molar-refractivity contribution in [2.45, 2.75) is 38.1 Å². The molecule has 112 valence electrons. The summed E-state index contributed by atoms with van der Waals surface area (Å²) in [6.45, 7) is 2.03. The Labute approximate surface area is 120 Å². The molecule has 1 aliphatic carbocycles. The minimum Gasteiger partial charge on any atom is -0.489 e. The van der Waals surface area contributed by atoms with Gasteiger partial charge in [0.1, 0.15) is 6.61 Å². The Bertz CT molecular complexity index is 394. The van der Waals surface area contributed by atoms with Crippen LogP contribution in [-0.4, -0.2) is 42.4 Å². The average Bonchev–Trinajstić information content (AvgIpc) is 2.49. The summed E-state index contributed by atoms with van der Waals surface area (Å²) in [5.74, 6) is -0.0148. The van der Waals surface area contributed by atoms with Gasteiger partial charge in [0.15, 0.2) is 11.6 Å². The van der Waals surface area contributed by atoms with E-state index in [1.165, 1.54) is 38.2 Å². The lowest BCUT2D eigenvalue weighted by molar-refractivity contribution is 0.105. The molecule has 0 bridgehead atoms. The second kappa shape index (κ2) is 8.22. The number of aliphatic hydroxyl groups is 1. The van der Waals surface area contributed by atoms with Crippen LogP contribution in [-0.2, 0) is 0 Å². The van der Waals surface area contributed by atoms with Gasteiger partial charge in [-0.05, 0) is 25.0 Å². The fourth-order valence-corrected chi connectivity index (χ4v) is 2.89. The van der Waals surface area contributed by atoms with Crippen molar-refractivity contribution < 1.29 is 14.2 Å². The van der Waals surface area contributed by atoms with Crippen LogP contribution in [0.25, 0.3) is 0 Å². The van der Waals surface area contributed by atoms with E-state index < -0.39 is 0 Å². The Hall–Kier alpha value is -1.13. The molecule has 0 unspecified atom stereocenters. The third-order valence-electron chi connectivity index (χ3n) is 3.95. The van der Waals surface area contributed by atoms with Crippen LogP contribution < -0.4 is 4.74 Å². The van der Waals surface area contributed by atoms with Gasteiger partial charge in [0.05, 0.1) is 6.61 Å². The predicted octanol–water partition coefficient (Wildman–Crippen LogP) is 2.83. The van der Waals surface area contributed by atoms with E-state index in [2.05, 4.69) is 4.90 Å². The van der Waals surface area contributed by atoms with Gasteiger partial charge in [-0.15, -0.1) is 0 Å². The van der Waals surface area contributed by atoms with Crippen molar-refractivity contribution in [3.63, 3.8) is 0 Å². The first-order chi connectivity index (χ1) is 9.81. The molecule has 4 heteroatoms. The molecule has 1 fully saturated rings. The molecule has 0 radical (unpaired) electrons. The van der Waals surface area contributed by atoms with Gasteiger partial charge in [0.2, 0.25) is 0 Å². The number of para-hydroxylation sites is 1. The number of rotatable bonds is 7. The highest BCUT2D eigenvalue weighted by Crippen LogP contribution is 2.22. The Morgan fingerprint density at radius 1 is 1.15 bits per heavy atom. The van der Waals surface area contributed by atoms with Crippen molar-refractivity contribution >= 4 is 0 Å². The van der Waals surface area contributed by atoms with E-state index in [1.54, 1.807) is 18.2 Å². The van der Waals surface area contributed by atoms with Crippen molar-refractivity contribution in [3.05, 3.63) is 30.1 Å². The fourth-order valence-electron chi connectivity index (χ4n) is 2.89. The van der Waals surface area contributed by atoms with Gasteiger partial charge in [-0.25, -0.2) is 4.39 Å². The number of ether oxygens (including phenoxy) is 1. The summed E-state index contributed by atoms with van der Waals surface area (Å²) in [5.41, 5.74) is 0. The maximum atomic E-state index is 13.4. The summed E-state index contributed by atoms with van der Waals surface area (Å²) in [4.78, 5) is 2.28. The summed E-state index contributed by atoms with van der Waals surface area (Å²) in [7, 11) is 0. The van der Waals surface area contributed by atoms with Crippen molar-refractivity contribution in [1.29, 1.82) is 0 Å². The zero-order valence-corrected chi connectivity index (χ0v) is 11.9. The fraction of sp³-hybridized carbons (Fsp3) is 0.625. The summed E-state index contributed by atoms with van der Waals surface area (Å²) >= 11 is 0. The molecule has 1 aliphatic rings. The lowest BCUT2D eigenvalue weighted by atomic mass is 9.94. The van der Waals surface area contributed by atoms with Crippen molar-refractivity contribution in [1.82, 2.24) is 4.90 Å². The Balaban J connectivity index is 1.81. The molecule has 0 atom stereocenters. The van der Waals surface area contributed by atoms with Crippen molar-refractivity contribution in [2.75, 3.05) is 26.3 Å². The molecule has 1 aromatic carbocycles. The first kappa shape index (κ1) is 15.3. The molecule has 1 aromatic rings.